The van der Waals surface area contributed by atoms with Crippen molar-refractivity contribution in [3.8, 4) is 0 Å². The molecule has 118 valence electrons. The van der Waals surface area contributed by atoms with Gasteiger partial charge in [0.15, 0.2) is 0 Å². The highest BCUT2D eigenvalue weighted by Crippen LogP contribution is 2.15. The molecule has 0 aromatic carbocycles. The number of nitrogens with one attached hydrogen (secondary N) is 1. The van der Waals surface area contributed by atoms with Crippen molar-refractivity contribution in [1.29, 1.82) is 0 Å². The molecular formula is C17H17N3O2S. The molecule has 3 rings (SSSR count). The van der Waals surface area contributed by atoms with Gasteiger partial charge in [0.05, 0.1) is 19.4 Å². The van der Waals surface area contributed by atoms with Crippen molar-refractivity contribution in [3.05, 3.63) is 76.6 Å². The summed E-state index contributed by atoms with van der Waals surface area (Å²) in [6, 6.07) is 11.4. The van der Waals surface area contributed by atoms with Gasteiger partial charge in [0.1, 0.15) is 5.76 Å². The molecule has 0 bridgehead atoms. The minimum Gasteiger partial charge on any atom is -0.467 e. The van der Waals surface area contributed by atoms with Crippen LogP contribution in [-0.4, -0.2) is 15.9 Å². The van der Waals surface area contributed by atoms with Crippen LogP contribution < -0.4 is 5.32 Å². The average Bonchev–Trinajstić information content (AvgIpc) is 3.27. The second-order valence-corrected chi connectivity index (χ2v) is 6.06. The summed E-state index contributed by atoms with van der Waals surface area (Å²) in [4.78, 5) is 19.4. The van der Waals surface area contributed by atoms with Crippen molar-refractivity contribution in [2.45, 2.75) is 19.6 Å². The highest BCUT2D eigenvalue weighted by Gasteiger charge is 2.16. The maximum absolute atomic E-state index is 12.5. The number of nitrogens with zero attached hydrogens (tertiary/aromatic N) is 2. The molecule has 5 nitrogen and oxygen atoms in total. The number of carbonyl (C=O) groups is 1. The quantitative estimate of drug-likeness (QED) is 0.752. The Kier molecular flexibility index (Phi) is 5.06. The molecule has 0 atom stereocenters. The van der Waals surface area contributed by atoms with Crippen LogP contribution in [0, 0.1) is 0 Å². The normalized spacial score (nSPS) is 10.4. The van der Waals surface area contributed by atoms with Crippen molar-refractivity contribution < 1.29 is 9.21 Å². The van der Waals surface area contributed by atoms with E-state index in [1.54, 1.807) is 34.9 Å². The molecule has 0 saturated carbocycles. The highest BCUT2D eigenvalue weighted by molar-refractivity contribution is 7.09. The summed E-state index contributed by atoms with van der Waals surface area (Å²) in [7, 11) is 0. The summed E-state index contributed by atoms with van der Waals surface area (Å²) in [6.45, 7) is 1.47. The molecule has 0 radical (unpaired) electrons. The molecule has 6 heteroatoms. The maximum Gasteiger partial charge on any atom is 0.318 e. The Hall–Kier alpha value is -2.60. The lowest BCUT2D eigenvalue weighted by Crippen LogP contribution is -2.38. The van der Waals surface area contributed by atoms with Gasteiger partial charge < -0.3 is 14.6 Å². The average molecular weight is 327 g/mol. The number of carbonyl (C=O) groups excluding carboxylic acids is 1. The van der Waals surface area contributed by atoms with Gasteiger partial charge in [-0.05, 0) is 41.3 Å². The molecule has 0 unspecified atom stereocenters. The van der Waals surface area contributed by atoms with Gasteiger partial charge in [0.25, 0.3) is 0 Å². The molecule has 0 aliphatic carbocycles. The number of rotatable bonds is 6. The first-order valence-electron chi connectivity index (χ1n) is 7.28. The van der Waals surface area contributed by atoms with Gasteiger partial charge in [-0.25, -0.2) is 4.79 Å². The fourth-order valence-corrected chi connectivity index (χ4v) is 2.89. The molecule has 0 fully saturated rings. The number of furan rings is 1. The molecule has 0 saturated heterocycles. The van der Waals surface area contributed by atoms with Gasteiger partial charge in [0, 0.05) is 23.8 Å². The predicted molar refractivity (Wildman–Crippen MR) is 88.7 cm³/mol. The Morgan fingerprint density at radius 3 is 2.74 bits per heavy atom. The first-order valence-corrected chi connectivity index (χ1v) is 8.15. The van der Waals surface area contributed by atoms with E-state index >= 15 is 0 Å². The second kappa shape index (κ2) is 7.60. The Bertz CT molecular complexity index is 675. The SMILES string of the molecule is O=C(NCc1ccncc1)N(Cc1ccco1)Cc1cccs1. The summed E-state index contributed by atoms with van der Waals surface area (Å²) < 4.78 is 5.37. The van der Waals surface area contributed by atoms with Gasteiger partial charge in [-0.3, -0.25) is 4.98 Å². The molecule has 0 aliphatic rings. The van der Waals surface area contributed by atoms with Crippen molar-refractivity contribution in [2.24, 2.45) is 0 Å². The molecule has 3 aromatic rings. The smallest absolute Gasteiger partial charge is 0.318 e. The number of thiophene rings is 1. The largest absolute Gasteiger partial charge is 0.467 e. The number of pyridine rings is 1. The third-order valence-electron chi connectivity index (χ3n) is 3.33. The van der Waals surface area contributed by atoms with E-state index in [1.807, 2.05) is 41.8 Å². The predicted octanol–water partition coefficient (Wildman–Crippen LogP) is 3.65. The monoisotopic (exact) mass is 327 g/mol. The number of hydrogen-bond donors (Lipinski definition) is 1. The first-order chi connectivity index (χ1) is 11.3. The van der Waals surface area contributed by atoms with Crippen molar-refractivity contribution >= 4 is 17.4 Å². The molecular weight excluding hydrogens is 310 g/mol. The van der Waals surface area contributed by atoms with E-state index in [1.165, 1.54) is 0 Å². The highest BCUT2D eigenvalue weighted by atomic mass is 32.1. The third-order valence-corrected chi connectivity index (χ3v) is 4.20. The van der Waals surface area contributed by atoms with Crippen LogP contribution in [0.4, 0.5) is 4.79 Å². The molecule has 0 spiro atoms. The lowest BCUT2D eigenvalue weighted by atomic mass is 10.3. The number of hydrogen-bond acceptors (Lipinski definition) is 4. The van der Waals surface area contributed by atoms with Crippen LogP contribution in [0.1, 0.15) is 16.2 Å². The summed E-state index contributed by atoms with van der Waals surface area (Å²) in [5, 5.41) is 4.96. The summed E-state index contributed by atoms with van der Waals surface area (Å²) in [6.07, 6.45) is 5.05. The van der Waals surface area contributed by atoms with E-state index in [0.29, 0.717) is 19.6 Å². The van der Waals surface area contributed by atoms with Crippen LogP contribution >= 0.6 is 11.3 Å². The van der Waals surface area contributed by atoms with Crippen LogP contribution in [0.15, 0.2) is 64.9 Å². The van der Waals surface area contributed by atoms with E-state index < -0.39 is 0 Å². The van der Waals surface area contributed by atoms with Gasteiger partial charge in [0.2, 0.25) is 0 Å². The standard InChI is InChI=1S/C17H17N3O2S/c21-17(19-11-14-5-7-18-8-6-14)20(12-15-3-1-9-22-15)13-16-4-2-10-23-16/h1-10H,11-13H2,(H,19,21). The molecule has 1 N–H and O–H groups in total. The van der Waals surface area contributed by atoms with Crippen molar-refractivity contribution in [3.63, 3.8) is 0 Å². The number of aromatic nitrogens is 1. The third kappa shape index (κ3) is 4.43. The fraction of sp³-hybridized carbons (Fsp3) is 0.176. The van der Waals surface area contributed by atoms with E-state index in [2.05, 4.69) is 10.3 Å². The summed E-state index contributed by atoms with van der Waals surface area (Å²) >= 11 is 1.64. The lowest BCUT2D eigenvalue weighted by molar-refractivity contribution is 0.187. The second-order valence-electron chi connectivity index (χ2n) is 5.03. The van der Waals surface area contributed by atoms with Gasteiger partial charge in [-0.1, -0.05) is 6.07 Å². The summed E-state index contributed by atoms with van der Waals surface area (Å²) in [5.74, 6) is 0.764. The molecule has 2 amide bonds. The van der Waals surface area contributed by atoms with Crippen molar-refractivity contribution in [2.75, 3.05) is 0 Å². The molecule has 0 aliphatic heterocycles. The molecule has 23 heavy (non-hydrogen) atoms. The van der Waals surface area contributed by atoms with Gasteiger partial charge >= 0.3 is 6.03 Å². The minimum absolute atomic E-state index is 0.119. The van der Waals surface area contributed by atoms with Crippen LogP contribution in [0.5, 0.6) is 0 Å². The van der Waals surface area contributed by atoms with Crippen LogP contribution in [0.3, 0.4) is 0 Å². The topological polar surface area (TPSA) is 58.4 Å². The number of urea groups is 1. The van der Waals surface area contributed by atoms with Crippen molar-refractivity contribution in [1.82, 2.24) is 15.2 Å². The molecule has 3 aromatic heterocycles. The van der Waals surface area contributed by atoms with Gasteiger partial charge in [-0.15, -0.1) is 11.3 Å². The Balaban J connectivity index is 1.65. The van der Waals surface area contributed by atoms with Crippen LogP contribution in [-0.2, 0) is 19.6 Å². The number of amides is 2. The van der Waals surface area contributed by atoms with E-state index in [9.17, 15) is 4.79 Å². The van der Waals surface area contributed by atoms with E-state index in [0.717, 1.165) is 16.2 Å². The fourth-order valence-electron chi connectivity index (χ4n) is 2.17. The zero-order valence-corrected chi connectivity index (χ0v) is 13.3. The lowest BCUT2D eigenvalue weighted by Gasteiger charge is -2.21. The van der Waals surface area contributed by atoms with Crippen LogP contribution in [0.25, 0.3) is 0 Å². The van der Waals surface area contributed by atoms with Crippen LogP contribution in [0.2, 0.25) is 0 Å². The van der Waals surface area contributed by atoms with Gasteiger partial charge in [-0.2, -0.15) is 0 Å². The summed E-state index contributed by atoms with van der Waals surface area (Å²) in [5.41, 5.74) is 1.02. The Morgan fingerprint density at radius 2 is 2.04 bits per heavy atom. The Labute approximate surface area is 138 Å². The maximum atomic E-state index is 12.5. The molecule has 3 heterocycles. The zero-order valence-electron chi connectivity index (χ0n) is 12.5. The van der Waals surface area contributed by atoms with E-state index in [-0.39, 0.29) is 6.03 Å². The zero-order chi connectivity index (χ0) is 15.9. The first kappa shape index (κ1) is 15.3. The van der Waals surface area contributed by atoms with E-state index in [4.69, 9.17) is 4.42 Å². The Morgan fingerprint density at radius 1 is 1.17 bits per heavy atom. The minimum atomic E-state index is -0.119.